The van der Waals surface area contributed by atoms with Crippen LogP contribution in [0, 0.1) is 0 Å². The highest BCUT2D eigenvalue weighted by molar-refractivity contribution is 6.69. The zero-order chi connectivity index (χ0) is 11.4. The molecule has 0 N–H and O–H groups in total. The third kappa shape index (κ3) is 7.98. The van der Waals surface area contributed by atoms with Crippen molar-refractivity contribution in [1.82, 2.24) is 0 Å². The first kappa shape index (κ1) is 13.4. The highest BCUT2D eigenvalue weighted by Gasteiger charge is 2.22. The summed E-state index contributed by atoms with van der Waals surface area (Å²) in [4.78, 5) is 0. The molecule has 0 spiro atoms. The van der Waals surface area contributed by atoms with Crippen LogP contribution in [0.15, 0.2) is 12.2 Å². The molecule has 0 unspecified atom stereocenters. The lowest BCUT2D eigenvalue weighted by molar-refractivity contribution is -0.0155. The molecule has 0 amide bonds. The van der Waals surface area contributed by atoms with Gasteiger partial charge in [0.25, 0.3) is 0 Å². The molecule has 84 valence electrons. The van der Waals surface area contributed by atoms with Crippen molar-refractivity contribution in [2.24, 2.45) is 0 Å². The molecular weight excluding hydrogens is 196 g/mol. The lowest BCUT2D eigenvalue weighted by Crippen LogP contribution is -2.29. The fraction of sp³-hybridized carbons (Fsp3) is 0.800. The Bertz CT molecular complexity index is 180. The van der Waals surface area contributed by atoms with E-state index in [9.17, 15) is 0 Å². The van der Waals surface area contributed by atoms with Crippen LogP contribution in [-0.4, -0.2) is 21.0 Å². The summed E-state index contributed by atoms with van der Waals surface area (Å²) < 4.78 is 16.2. The van der Waals surface area contributed by atoms with Crippen molar-refractivity contribution in [3.05, 3.63) is 12.2 Å². The van der Waals surface area contributed by atoms with Crippen LogP contribution in [0.1, 0.15) is 20.8 Å². The van der Waals surface area contributed by atoms with Crippen molar-refractivity contribution in [1.29, 1.82) is 0 Å². The molecule has 0 aliphatic carbocycles. The summed E-state index contributed by atoms with van der Waals surface area (Å²) in [6.07, 6.45) is 1.50. The average molecular weight is 218 g/mol. The molecule has 0 saturated heterocycles. The number of ether oxygens (including phenoxy) is 2. The molecule has 0 fully saturated rings. The van der Waals surface area contributed by atoms with Gasteiger partial charge in [-0.3, -0.25) is 0 Å². The summed E-state index contributed by atoms with van der Waals surface area (Å²) in [5, 5.41) is 0. The molecule has 0 saturated carbocycles. The summed E-state index contributed by atoms with van der Waals surface area (Å²) in [6.45, 7) is 12.2. The molecule has 0 aromatic heterocycles. The summed E-state index contributed by atoms with van der Waals surface area (Å²) in [5.41, 5.74) is -0.260. The van der Waals surface area contributed by atoms with Crippen LogP contribution in [-0.2, 0) is 13.9 Å². The number of hydrogen-bond acceptors (Lipinski definition) is 3. The van der Waals surface area contributed by atoms with Crippen LogP contribution in [0.4, 0.5) is 0 Å². The molecule has 0 rings (SSSR count). The van der Waals surface area contributed by atoms with Crippen LogP contribution in [0.5, 0.6) is 0 Å². The van der Waals surface area contributed by atoms with E-state index < -0.39 is 8.32 Å². The van der Waals surface area contributed by atoms with E-state index in [-0.39, 0.29) is 5.60 Å². The van der Waals surface area contributed by atoms with Crippen LogP contribution in [0.3, 0.4) is 0 Å². The van der Waals surface area contributed by atoms with Gasteiger partial charge in [-0.15, -0.1) is 0 Å². The van der Waals surface area contributed by atoms with Gasteiger partial charge in [-0.25, -0.2) is 0 Å². The predicted molar refractivity (Wildman–Crippen MR) is 60.4 cm³/mol. The van der Waals surface area contributed by atoms with Crippen molar-refractivity contribution < 1.29 is 13.9 Å². The van der Waals surface area contributed by atoms with E-state index in [1.165, 1.54) is 6.26 Å². The van der Waals surface area contributed by atoms with Crippen molar-refractivity contribution in [3.8, 4) is 0 Å². The van der Waals surface area contributed by atoms with Crippen molar-refractivity contribution in [2.45, 2.75) is 46.0 Å². The van der Waals surface area contributed by atoms with E-state index in [1.54, 1.807) is 7.11 Å². The van der Waals surface area contributed by atoms with E-state index in [0.717, 1.165) is 0 Å². The summed E-state index contributed by atoms with van der Waals surface area (Å²) >= 11 is 0. The van der Waals surface area contributed by atoms with Crippen molar-refractivity contribution in [2.75, 3.05) is 7.11 Å². The SMILES string of the molecule is CO/C=C(\OC(C)(C)C)O[Si](C)(C)C. The summed E-state index contributed by atoms with van der Waals surface area (Å²) in [7, 11) is -0.0477. The van der Waals surface area contributed by atoms with E-state index in [1.807, 2.05) is 20.8 Å². The van der Waals surface area contributed by atoms with Crippen molar-refractivity contribution in [3.63, 3.8) is 0 Å². The predicted octanol–water partition coefficient (Wildman–Crippen LogP) is 3.10. The Morgan fingerprint density at radius 2 is 1.64 bits per heavy atom. The molecule has 0 heterocycles. The van der Waals surface area contributed by atoms with Crippen LogP contribution in [0.2, 0.25) is 19.6 Å². The van der Waals surface area contributed by atoms with Gasteiger partial charge >= 0.3 is 5.95 Å². The second kappa shape index (κ2) is 4.73. The van der Waals surface area contributed by atoms with E-state index in [0.29, 0.717) is 5.95 Å². The van der Waals surface area contributed by atoms with E-state index in [4.69, 9.17) is 13.9 Å². The minimum Gasteiger partial charge on any atom is -0.518 e. The number of rotatable bonds is 4. The third-order valence-electron chi connectivity index (χ3n) is 1.03. The van der Waals surface area contributed by atoms with E-state index in [2.05, 4.69) is 19.6 Å². The van der Waals surface area contributed by atoms with Crippen LogP contribution >= 0.6 is 0 Å². The Morgan fingerprint density at radius 3 is 1.93 bits per heavy atom. The minimum atomic E-state index is -1.63. The highest BCUT2D eigenvalue weighted by atomic mass is 28.4. The molecule has 3 nitrogen and oxygen atoms in total. The number of hydrogen-bond donors (Lipinski definition) is 0. The molecular formula is C10H22O3Si. The monoisotopic (exact) mass is 218 g/mol. The van der Waals surface area contributed by atoms with Crippen molar-refractivity contribution >= 4 is 8.32 Å². The first-order chi connectivity index (χ1) is 6.14. The van der Waals surface area contributed by atoms with Gasteiger partial charge in [0.1, 0.15) is 5.60 Å². The Hall–Kier alpha value is -0.643. The maximum absolute atomic E-state index is 5.71. The second-order valence-corrected chi connectivity index (χ2v) is 9.53. The van der Waals surface area contributed by atoms with Gasteiger partial charge in [-0.05, 0) is 40.4 Å². The highest BCUT2D eigenvalue weighted by Crippen LogP contribution is 2.18. The molecule has 0 aromatic carbocycles. The smallest absolute Gasteiger partial charge is 0.302 e. The molecule has 4 heteroatoms. The molecule has 0 aliphatic rings. The minimum absolute atomic E-state index is 0.260. The first-order valence-electron chi connectivity index (χ1n) is 4.75. The third-order valence-corrected chi connectivity index (χ3v) is 1.84. The van der Waals surface area contributed by atoms with Gasteiger partial charge in [-0.2, -0.15) is 0 Å². The summed E-state index contributed by atoms with van der Waals surface area (Å²) in [5.74, 6) is 0.471. The van der Waals surface area contributed by atoms with Gasteiger partial charge in [0.2, 0.25) is 8.32 Å². The fourth-order valence-electron chi connectivity index (χ4n) is 0.769. The molecule has 0 radical (unpaired) electrons. The molecule has 14 heavy (non-hydrogen) atoms. The maximum atomic E-state index is 5.71. The zero-order valence-electron chi connectivity index (χ0n) is 10.3. The maximum Gasteiger partial charge on any atom is 0.302 e. The van der Waals surface area contributed by atoms with Gasteiger partial charge in [0.05, 0.1) is 7.11 Å². The Labute approximate surface area is 88.2 Å². The standard InChI is InChI=1S/C10H22O3Si/c1-10(2,3)12-9(8-11-4)13-14(5,6)7/h8H,1-7H3/b9-8+. The van der Waals surface area contributed by atoms with Gasteiger partial charge in [-0.1, -0.05) is 0 Å². The fourth-order valence-corrected chi connectivity index (χ4v) is 1.46. The number of methoxy groups -OCH3 is 1. The second-order valence-electron chi connectivity index (χ2n) is 5.10. The van der Waals surface area contributed by atoms with E-state index >= 15 is 0 Å². The Morgan fingerprint density at radius 1 is 1.14 bits per heavy atom. The van der Waals surface area contributed by atoms with Crippen LogP contribution in [0.25, 0.3) is 0 Å². The Balaban J connectivity index is 4.41. The first-order valence-corrected chi connectivity index (χ1v) is 8.16. The normalized spacial score (nSPS) is 13.8. The van der Waals surface area contributed by atoms with Gasteiger partial charge in [0, 0.05) is 0 Å². The topological polar surface area (TPSA) is 27.7 Å². The molecule has 0 bridgehead atoms. The molecule has 0 atom stereocenters. The van der Waals surface area contributed by atoms with Crippen LogP contribution < -0.4 is 0 Å². The average Bonchev–Trinajstić information content (AvgIpc) is 1.78. The lowest BCUT2D eigenvalue weighted by Gasteiger charge is -2.27. The zero-order valence-corrected chi connectivity index (χ0v) is 11.3. The van der Waals surface area contributed by atoms with Gasteiger partial charge in [0.15, 0.2) is 6.26 Å². The Kier molecular flexibility index (Phi) is 4.51. The van der Waals surface area contributed by atoms with Gasteiger partial charge < -0.3 is 13.9 Å². The summed E-state index contributed by atoms with van der Waals surface area (Å²) in [6, 6.07) is 0. The lowest BCUT2D eigenvalue weighted by atomic mass is 10.2. The molecule has 0 aromatic rings. The largest absolute Gasteiger partial charge is 0.518 e. The quantitative estimate of drug-likeness (QED) is 0.536. The molecule has 0 aliphatic heterocycles.